The molecule has 80 valence electrons. The first kappa shape index (κ1) is 11.7. The molecule has 0 spiro atoms. The lowest BCUT2D eigenvalue weighted by molar-refractivity contribution is 0.109. The maximum Gasteiger partial charge on any atom is 0.156 e. The van der Waals surface area contributed by atoms with Crippen molar-refractivity contribution in [1.82, 2.24) is 0 Å². The molecule has 0 aliphatic rings. The fraction of sp³-hybridized carbons (Fsp3) is 0.364. The number of nitriles is 1. The molecular formula is C11H15N3O. The largest absolute Gasteiger partial charge is 0.377 e. The molecule has 1 aromatic rings. The van der Waals surface area contributed by atoms with Crippen LogP contribution in [0.2, 0.25) is 0 Å². The van der Waals surface area contributed by atoms with Gasteiger partial charge in [0.25, 0.3) is 0 Å². The van der Waals surface area contributed by atoms with Gasteiger partial charge in [0.1, 0.15) is 6.07 Å². The summed E-state index contributed by atoms with van der Waals surface area (Å²) in [5.41, 5.74) is 10.7. The summed E-state index contributed by atoms with van der Waals surface area (Å²) in [7, 11) is 0. The second-order valence-electron chi connectivity index (χ2n) is 3.44. The van der Waals surface area contributed by atoms with Gasteiger partial charge in [-0.05, 0) is 5.56 Å². The Labute approximate surface area is 89.4 Å². The van der Waals surface area contributed by atoms with Crippen LogP contribution in [0.3, 0.4) is 0 Å². The third-order valence-electron chi connectivity index (χ3n) is 1.98. The van der Waals surface area contributed by atoms with Gasteiger partial charge < -0.3 is 16.2 Å². The van der Waals surface area contributed by atoms with Crippen LogP contribution in [-0.2, 0) is 11.3 Å². The number of rotatable bonds is 5. The first-order valence-electron chi connectivity index (χ1n) is 4.75. The predicted octanol–water partition coefficient (Wildman–Crippen LogP) is 0.731. The quantitative estimate of drug-likeness (QED) is 0.548. The molecule has 4 nitrogen and oxygen atoms in total. The summed E-state index contributed by atoms with van der Waals surface area (Å²) >= 11 is 0. The molecule has 0 amide bonds. The summed E-state index contributed by atoms with van der Waals surface area (Å²) in [5.74, 6) is 0. The van der Waals surface area contributed by atoms with Gasteiger partial charge in [0.15, 0.2) is 5.66 Å². The lowest BCUT2D eigenvalue weighted by Crippen LogP contribution is -2.48. The van der Waals surface area contributed by atoms with E-state index in [2.05, 4.69) is 0 Å². The van der Waals surface area contributed by atoms with Crippen molar-refractivity contribution in [2.75, 3.05) is 6.61 Å². The van der Waals surface area contributed by atoms with Crippen LogP contribution in [0.25, 0.3) is 0 Å². The van der Waals surface area contributed by atoms with Crippen LogP contribution in [0.1, 0.15) is 12.0 Å². The summed E-state index contributed by atoms with van der Waals surface area (Å²) in [6.45, 7) is 0.901. The topological polar surface area (TPSA) is 85.1 Å². The molecule has 1 rings (SSSR count). The Bertz CT molecular complexity index is 329. The molecule has 0 saturated carbocycles. The fourth-order valence-corrected chi connectivity index (χ4v) is 1.06. The average Bonchev–Trinajstić information content (AvgIpc) is 2.26. The third-order valence-corrected chi connectivity index (χ3v) is 1.98. The molecule has 0 fully saturated rings. The summed E-state index contributed by atoms with van der Waals surface area (Å²) in [4.78, 5) is 0. The first-order valence-corrected chi connectivity index (χ1v) is 4.75. The zero-order valence-electron chi connectivity index (χ0n) is 8.52. The van der Waals surface area contributed by atoms with E-state index in [9.17, 15) is 0 Å². The highest BCUT2D eigenvalue weighted by Gasteiger charge is 2.16. The molecule has 0 unspecified atom stereocenters. The summed E-state index contributed by atoms with van der Waals surface area (Å²) in [6.07, 6.45) is 0.330. The van der Waals surface area contributed by atoms with E-state index in [4.69, 9.17) is 21.5 Å². The maximum atomic E-state index is 8.55. The Kier molecular flexibility index (Phi) is 4.25. The van der Waals surface area contributed by atoms with E-state index < -0.39 is 5.66 Å². The van der Waals surface area contributed by atoms with E-state index >= 15 is 0 Å². The average molecular weight is 205 g/mol. The lowest BCUT2D eigenvalue weighted by Gasteiger charge is -2.14. The predicted molar refractivity (Wildman–Crippen MR) is 57.4 cm³/mol. The molecule has 0 radical (unpaired) electrons. The van der Waals surface area contributed by atoms with Gasteiger partial charge in [-0.3, -0.25) is 0 Å². The van der Waals surface area contributed by atoms with E-state index in [0.717, 1.165) is 5.56 Å². The number of nitrogens with zero attached hydrogens (tertiary/aromatic N) is 1. The summed E-state index contributed by atoms with van der Waals surface area (Å²) in [6, 6.07) is 11.6. The van der Waals surface area contributed by atoms with Crippen LogP contribution >= 0.6 is 0 Å². The van der Waals surface area contributed by atoms with E-state index in [-0.39, 0.29) is 0 Å². The second kappa shape index (κ2) is 5.47. The Hall–Kier alpha value is -1.41. The fourth-order valence-electron chi connectivity index (χ4n) is 1.06. The van der Waals surface area contributed by atoms with Crippen molar-refractivity contribution in [1.29, 1.82) is 5.26 Å². The van der Waals surface area contributed by atoms with Gasteiger partial charge in [-0.2, -0.15) is 5.26 Å². The normalized spacial score (nSPS) is 11.0. The summed E-state index contributed by atoms with van der Waals surface area (Å²) in [5, 5.41) is 8.55. The van der Waals surface area contributed by atoms with Crippen LogP contribution in [0.4, 0.5) is 0 Å². The first-order chi connectivity index (χ1) is 7.14. The van der Waals surface area contributed by atoms with E-state index in [1.807, 2.05) is 36.4 Å². The number of hydrogen-bond acceptors (Lipinski definition) is 4. The zero-order chi connectivity index (χ0) is 11.1. The maximum absolute atomic E-state index is 8.55. The van der Waals surface area contributed by atoms with Crippen LogP contribution in [-0.4, -0.2) is 12.3 Å². The van der Waals surface area contributed by atoms with Crippen LogP contribution in [0.5, 0.6) is 0 Å². The monoisotopic (exact) mass is 205 g/mol. The van der Waals surface area contributed by atoms with Crippen molar-refractivity contribution in [3.8, 4) is 6.07 Å². The van der Waals surface area contributed by atoms with Crippen molar-refractivity contribution in [3.63, 3.8) is 0 Å². The summed E-state index contributed by atoms with van der Waals surface area (Å²) < 4.78 is 5.35. The van der Waals surface area contributed by atoms with Gasteiger partial charge in [0, 0.05) is 6.42 Å². The molecule has 4 heteroatoms. The lowest BCUT2D eigenvalue weighted by atomic mass is 10.1. The second-order valence-corrected chi connectivity index (χ2v) is 3.44. The molecule has 15 heavy (non-hydrogen) atoms. The Balaban J connectivity index is 2.21. The van der Waals surface area contributed by atoms with Gasteiger partial charge in [-0.15, -0.1) is 0 Å². The minimum absolute atomic E-state index is 0.330. The van der Waals surface area contributed by atoms with Gasteiger partial charge >= 0.3 is 0 Å². The molecule has 0 atom stereocenters. The number of nitrogens with two attached hydrogens (primary N) is 2. The Morgan fingerprint density at radius 2 is 1.93 bits per heavy atom. The van der Waals surface area contributed by atoms with Crippen LogP contribution in [0.15, 0.2) is 30.3 Å². The van der Waals surface area contributed by atoms with Crippen molar-refractivity contribution < 1.29 is 4.74 Å². The Morgan fingerprint density at radius 1 is 1.27 bits per heavy atom. The molecule has 0 saturated heterocycles. The standard InChI is InChI=1S/C11H15N3O/c12-9-11(13,14)6-7-15-8-10-4-2-1-3-5-10/h1-5H,6-8,13-14H2. The molecular weight excluding hydrogens is 190 g/mol. The van der Waals surface area contributed by atoms with Crippen LogP contribution in [0, 0.1) is 11.3 Å². The highest BCUT2D eigenvalue weighted by atomic mass is 16.5. The van der Waals surface area contributed by atoms with E-state index in [1.165, 1.54) is 0 Å². The van der Waals surface area contributed by atoms with Gasteiger partial charge in [-0.25, -0.2) is 0 Å². The minimum Gasteiger partial charge on any atom is -0.377 e. The SMILES string of the molecule is N#CC(N)(N)CCOCc1ccccc1. The van der Waals surface area contributed by atoms with Crippen LogP contribution < -0.4 is 11.5 Å². The molecule has 0 bridgehead atoms. The molecule has 0 aromatic heterocycles. The smallest absolute Gasteiger partial charge is 0.156 e. The zero-order valence-corrected chi connectivity index (χ0v) is 8.52. The highest BCUT2D eigenvalue weighted by Crippen LogP contribution is 2.02. The van der Waals surface area contributed by atoms with Gasteiger partial charge in [0.05, 0.1) is 13.2 Å². The molecule has 4 N–H and O–H groups in total. The Morgan fingerprint density at radius 3 is 2.53 bits per heavy atom. The van der Waals surface area contributed by atoms with E-state index in [1.54, 1.807) is 0 Å². The molecule has 1 aromatic carbocycles. The van der Waals surface area contributed by atoms with Gasteiger partial charge in [0.2, 0.25) is 0 Å². The van der Waals surface area contributed by atoms with E-state index in [0.29, 0.717) is 19.6 Å². The molecule has 0 heterocycles. The number of hydrogen-bond donors (Lipinski definition) is 2. The third kappa shape index (κ3) is 4.56. The van der Waals surface area contributed by atoms with Crippen molar-refractivity contribution in [2.24, 2.45) is 11.5 Å². The molecule has 0 aliphatic carbocycles. The van der Waals surface area contributed by atoms with Crippen molar-refractivity contribution >= 4 is 0 Å². The van der Waals surface area contributed by atoms with Gasteiger partial charge in [-0.1, -0.05) is 30.3 Å². The van der Waals surface area contributed by atoms with Crippen molar-refractivity contribution in [3.05, 3.63) is 35.9 Å². The minimum atomic E-state index is -1.28. The van der Waals surface area contributed by atoms with Crippen molar-refractivity contribution in [2.45, 2.75) is 18.7 Å². The highest BCUT2D eigenvalue weighted by molar-refractivity contribution is 5.13. The number of ether oxygens (including phenoxy) is 1. The number of benzene rings is 1. The molecule has 0 aliphatic heterocycles.